The summed E-state index contributed by atoms with van der Waals surface area (Å²) < 4.78 is 5.15. The van der Waals surface area contributed by atoms with E-state index in [0.29, 0.717) is 25.4 Å². The molecule has 1 saturated heterocycles. The monoisotopic (exact) mass is 301 g/mol. The highest BCUT2D eigenvalue weighted by Crippen LogP contribution is 2.15. The predicted octanol–water partition coefficient (Wildman–Crippen LogP) is 1.17. The number of hydrogen-bond acceptors (Lipinski definition) is 5. The third-order valence-electron chi connectivity index (χ3n) is 3.91. The fourth-order valence-electron chi connectivity index (χ4n) is 2.63. The van der Waals surface area contributed by atoms with Gasteiger partial charge in [-0.1, -0.05) is 0 Å². The standard InChI is InChI=1S/C16H19N3O3/c20-14(13-3-5-17-6-4-13)12-18-7-9-19(10-8-18)16(21)15-2-1-11-22-15/h1-6,11,14,20H,7-10,12H2. The number of piperazine rings is 1. The molecule has 0 aromatic carbocycles. The van der Waals surface area contributed by atoms with Crippen LogP contribution < -0.4 is 0 Å². The first-order chi connectivity index (χ1) is 10.7. The lowest BCUT2D eigenvalue weighted by Gasteiger charge is -2.35. The van der Waals surface area contributed by atoms with Crippen LogP contribution in [0.1, 0.15) is 22.2 Å². The summed E-state index contributed by atoms with van der Waals surface area (Å²) in [5, 5.41) is 10.2. The quantitative estimate of drug-likeness (QED) is 0.918. The van der Waals surface area contributed by atoms with Gasteiger partial charge in [-0.3, -0.25) is 14.7 Å². The smallest absolute Gasteiger partial charge is 0.289 e. The van der Waals surface area contributed by atoms with Crippen LogP contribution in [0.5, 0.6) is 0 Å². The lowest BCUT2D eigenvalue weighted by molar-refractivity contribution is 0.0503. The molecule has 22 heavy (non-hydrogen) atoms. The third-order valence-corrected chi connectivity index (χ3v) is 3.91. The minimum atomic E-state index is -0.532. The Balaban J connectivity index is 1.51. The second kappa shape index (κ2) is 6.72. The average molecular weight is 301 g/mol. The van der Waals surface area contributed by atoms with E-state index in [4.69, 9.17) is 4.42 Å². The summed E-state index contributed by atoms with van der Waals surface area (Å²) in [6, 6.07) is 7.04. The van der Waals surface area contributed by atoms with Gasteiger partial charge in [0.2, 0.25) is 0 Å². The lowest BCUT2D eigenvalue weighted by atomic mass is 10.1. The number of rotatable bonds is 4. The van der Waals surface area contributed by atoms with E-state index >= 15 is 0 Å². The summed E-state index contributed by atoms with van der Waals surface area (Å²) in [7, 11) is 0. The Morgan fingerprint density at radius 1 is 1.23 bits per heavy atom. The number of pyridine rings is 1. The summed E-state index contributed by atoms with van der Waals surface area (Å²) in [6.45, 7) is 3.33. The summed E-state index contributed by atoms with van der Waals surface area (Å²) in [4.78, 5) is 20.1. The van der Waals surface area contributed by atoms with Crippen molar-refractivity contribution in [3.05, 3.63) is 54.2 Å². The van der Waals surface area contributed by atoms with Gasteiger partial charge in [0.25, 0.3) is 5.91 Å². The molecule has 1 aliphatic heterocycles. The highest BCUT2D eigenvalue weighted by molar-refractivity contribution is 5.91. The van der Waals surface area contributed by atoms with Crippen LogP contribution >= 0.6 is 0 Å². The van der Waals surface area contributed by atoms with Crippen LogP contribution in [0.4, 0.5) is 0 Å². The second-order valence-electron chi connectivity index (χ2n) is 5.37. The zero-order valence-electron chi connectivity index (χ0n) is 12.3. The van der Waals surface area contributed by atoms with Crippen molar-refractivity contribution in [2.75, 3.05) is 32.7 Å². The predicted molar refractivity (Wildman–Crippen MR) is 80.2 cm³/mol. The summed E-state index contributed by atoms with van der Waals surface area (Å²) in [5.74, 6) is 0.310. The first-order valence-corrected chi connectivity index (χ1v) is 7.37. The third kappa shape index (κ3) is 3.35. The number of β-amino-alcohol motifs (C(OH)–C–C–N with tert-alkyl or cyclic N) is 1. The minimum Gasteiger partial charge on any atom is -0.459 e. The van der Waals surface area contributed by atoms with Crippen LogP contribution in [0.3, 0.4) is 0 Å². The normalized spacial score (nSPS) is 17.4. The van der Waals surface area contributed by atoms with E-state index in [-0.39, 0.29) is 5.91 Å². The molecular formula is C16H19N3O3. The van der Waals surface area contributed by atoms with Gasteiger partial charge in [0, 0.05) is 45.1 Å². The number of carbonyl (C=O) groups is 1. The molecule has 1 aliphatic rings. The number of aliphatic hydroxyl groups excluding tert-OH is 1. The molecular weight excluding hydrogens is 282 g/mol. The number of amides is 1. The molecule has 6 heteroatoms. The first-order valence-electron chi connectivity index (χ1n) is 7.37. The van der Waals surface area contributed by atoms with Gasteiger partial charge in [0.1, 0.15) is 0 Å². The summed E-state index contributed by atoms with van der Waals surface area (Å²) in [5.41, 5.74) is 0.865. The maximum atomic E-state index is 12.2. The molecule has 116 valence electrons. The molecule has 1 atom stereocenters. The Morgan fingerprint density at radius 3 is 2.59 bits per heavy atom. The lowest BCUT2D eigenvalue weighted by Crippen LogP contribution is -2.49. The van der Waals surface area contributed by atoms with Gasteiger partial charge >= 0.3 is 0 Å². The van der Waals surface area contributed by atoms with Crippen molar-refractivity contribution < 1.29 is 14.3 Å². The molecule has 2 aromatic rings. The van der Waals surface area contributed by atoms with E-state index in [9.17, 15) is 9.90 Å². The number of aromatic nitrogens is 1. The Kier molecular flexibility index (Phi) is 4.50. The number of aliphatic hydroxyl groups is 1. The van der Waals surface area contributed by atoms with Crippen molar-refractivity contribution >= 4 is 5.91 Å². The molecule has 0 bridgehead atoms. The molecule has 1 amide bonds. The van der Waals surface area contributed by atoms with Gasteiger partial charge in [-0.25, -0.2) is 0 Å². The van der Waals surface area contributed by atoms with E-state index < -0.39 is 6.10 Å². The zero-order valence-corrected chi connectivity index (χ0v) is 12.3. The van der Waals surface area contributed by atoms with E-state index in [2.05, 4.69) is 9.88 Å². The Hall–Kier alpha value is -2.18. The first kappa shape index (κ1) is 14.7. The second-order valence-corrected chi connectivity index (χ2v) is 5.37. The molecule has 1 N–H and O–H groups in total. The maximum Gasteiger partial charge on any atom is 0.289 e. The molecule has 3 rings (SSSR count). The highest BCUT2D eigenvalue weighted by Gasteiger charge is 2.24. The van der Waals surface area contributed by atoms with Gasteiger partial charge in [-0.15, -0.1) is 0 Å². The van der Waals surface area contributed by atoms with Crippen LogP contribution in [-0.4, -0.2) is 58.5 Å². The van der Waals surface area contributed by atoms with Crippen LogP contribution in [0, 0.1) is 0 Å². The maximum absolute atomic E-state index is 12.2. The Bertz CT molecular complexity index is 592. The van der Waals surface area contributed by atoms with Gasteiger partial charge in [-0.2, -0.15) is 0 Å². The molecule has 2 aromatic heterocycles. The van der Waals surface area contributed by atoms with E-state index in [1.807, 2.05) is 12.1 Å². The van der Waals surface area contributed by atoms with Gasteiger partial charge < -0.3 is 14.4 Å². The summed E-state index contributed by atoms with van der Waals surface area (Å²) in [6.07, 6.45) is 4.33. The number of carbonyl (C=O) groups excluding carboxylic acids is 1. The largest absolute Gasteiger partial charge is 0.459 e. The van der Waals surface area contributed by atoms with Crippen molar-refractivity contribution in [1.29, 1.82) is 0 Å². The van der Waals surface area contributed by atoms with Gasteiger partial charge in [0.15, 0.2) is 5.76 Å². The van der Waals surface area contributed by atoms with Crippen LogP contribution in [0.25, 0.3) is 0 Å². The minimum absolute atomic E-state index is 0.0701. The average Bonchev–Trinajstić information content (AvgIpc) is 3.10. The molecule has 0 aliphatic carbocycles. The van der Waals surface area contributed by atoms with E-state index in [1.165, 1.54) is 6.26 Å². The van der Waals surface area contributed by atoms with Crippen LogP contribution in [0.15, 0.2) is 47.3 Å². The van der Waals surface area contributed by atoms with Gasteiger partial charge in [0.05, 0.1) is 12.4 Å². The fraction of sp³-hybridized carbons (Fsp3) is 0.375. The Morgan fingerprint density at radius 2 is 1.95 bits per heavy atom. The molecule has 0 spiro atoms. The number of hydrogen-bond donors (Lipinski definition) is 1. The number of furan rings is 1. The van der Waals surface area contributed by atoms with Crippen molar-refractivity contribution in [2.45, 2.75) is 6.10 Å². The molecule has 1 fully saturated rings. The molecule has 1 unspecified atom stereocenters. The Labute approximate surface area is 129 Å². The number of nitrogens with zero attached hydrogens (tertiary/aromatic N) is 3. The zero-order chi connectivity index (χ0) is 15.4. The summed E-state index contributed by atoms with van der Waals surface area (Å²) >= 11 is 0. The van der Waals surface area contributed by atoms with Crippen molar-refractivity contribution in [1.82, 2.24) is 14.8 Å². The van der Waals surface area contributed by atoms with Crippen molar-refractivity contribution in [3.8, 4) is 0 Å². The van der Waals surface area contributed by atoms with E-state index in [0.717, 1.165) is 18.7 Å². The fourth-order valence-corrected chi connectivity index (χ4v) is 2.63. The molecule has 0 saturated carbocycles. The molecule has 0 radical (unpaired) electrons. The van der Waals surface area contributed by atoms with Crippen LogP contribution in [-0.2, 0) is 0 Å². The molecule has 6 nitrogen and oxygen atoms in total. The van der Waals surface area contributed by atoms with Gasteiger partial charge in [-0.05, 0) is 29.8 Å². The van der Waals surface area contributed by atoms with Crippen LogP contribution in [0.2, 0.25) is 0 Å². The molecule has 3 heterocycles. The highest BCUT2D eigenvalue weighted by atomic mass is 16.3. The van der Waals surface area contributed by atoms with Crippen molar-refractivity contribution in [2.24, 2.45) is 0 Å². The van der Waals surface area contributed by atoms with E-state index in [1.54, 1.807) is 29.4 Å². The van der Waals surface area contributed by atoms with Crippen molar-refractivity contribution in [3.63, 3.8) is 0 Å². The SMILES string of the molecule is O=C(c1ccco1)N1CCN(CC(O)c2ccncc2)CC1. The topological polar surface area (TPSA) is 69.8 Å².